The number of imide groups is 1. The molecule has 3 rings (SSSR count). The Labute approximate surface area is 142 Å². The van der Waals surface area contributed by atoms with Crippen LogP contribution < -0.4 is 10.2 Å². The Morgan fingerprint density at radius 1 is 0.958 bits per heavy atom. The van der Waals surface area contributed by atoms with Crippen molar-refractivity contribution in [2.75, 3.05) is 10.2 Å². The molecule has 1 aliphatic heterocycles. The van der Waals surface area contributed by atoms with E-state index in [0.717, 1.165) is 28.1 Å². The highest BCUT2D eigenvalue weighted by Crippen LogP contribution is 2.31. The minimum Gasteiger partial charge on any atom is -0.373 e. The van der Waals surface area contributed by atoms with E-state index in [4.69, 9.17) is 0 Å². The highest BCUT2D eigenvalue weighted by molar-refractivity contribution is 6.23. The van der Waals surface area contributed by atoms with Gasteiger partial charge < -0.3 is 5.32 Å². The van der Waals surface area contributed by atoms with Crippen molar-refractivity contribution in [3.05, 3.63) is 58.7 Å². The van der Waals surface area contributed by atoms with Crippen LogP contribution in [0.2, 0.25) is 0 Å². The Bertz CT molecular complexity index is 806. The fraction of sp³-hybridized carbons (Fsp3) is 0.300. The van der Waals surface area contributed by atoms with Crippen LogP contribution in [0.15, 0.2) is 36.4 Å². The predicted molar refractivity (Wildman–Crippen MR) is 96.4 cm³/mol. The number of carbonyl (C=O) groups excluding carboxylic acids is 2. The molecular formula is C20H22N2O2. The molecule has 1 aliphatic rings. The van der Waals surface area contributed by atoms with Crippen molar-refractivity contribution in [1.82, 2.24) is 0 Å². The summed E-state index contributed by atoms with van der Waals surface area (Å²) in [6.07, 6.45) is 0.180. The molecular weight excluding hydrogens is 300 g/mol. The van der Waals surface area contributed by atoms with Crippen molar-refractivity contribution in [3.8, 4) is 0 Å². The molecule has 124 valence electrons. The SMILES string of the molecule is Cc1ccc(N[C@H]2CC(=O)N(c3c(C)cccc3C)C2=O)c(C)c1. The second-order valence-electron chi connectivity index (χ2n) is 6.53. The first-order valence-electron chi connectivity index (χ1n) is 8.15. The van der Waals surface area contributed by atoms with Gasteiger partial charge in [-0.15, -0.1) is 0 Å². The van der Waals surface area contributed by atoms with E-state index in [9.17, 15) is 9.59 Å². The molecule has 0 radical (unpaired) electrons. The standard InChI is InChI=1S/C20H22N2O2/c1-12-8-9-16(15(4)10-12)21-17-11-18(23)22(20(17)24)19-13(2)6-5-7-14(19)3/h5-10,17,21H,11H2,1-4H3/t17-/m0/s1. The number of hydrogen-bond acceptors (Lipinski definition) is 3. The molecule has 1 N–H and O–H groups in total. The fourth-order valence-corrected chi connectivity index (χ4v) is 3.30. The van der Waals surface area contributed by atoms with E-state index in [1.165, 1.54) is 10.5 Å². The largest absolute Gasteiger partial charge is 0.373 e. The summed E-state index contributed by atoms with van der Waals surface area (Å²) < 4.78 is 0. The molecule has 1 fully saturated rings. The van der Waals surface area contributed by atoms with Crippen molar-refractivity contribution in [2.45, 2.75) is 40.2 Å². The van der Waals surface area contributed by atoms with E-state index in [0.29, 0.717) is 0 Å². The second-order valence-corrected chi connectivity index (χ2v) is 6.53. The molecule has 2 amide bonds. The first-order chi connectivity index (χ1) is 11.4. The Morgan fingerprint density at radius 2 is 1.62 bits per heavy atom. The molecule has 0 unspecified atom stereocenters. The number of aryl methyl sites for hydroxylation is 4. The second kappa shape index (κ2) is 6.11. The number of para-hydroxylation sites is 1. The predicted octanol–water partition coefficient (Wildman–Crippen LogP) is 3.66. The van der Waals surface area contributed by atoms with Gasteiger partial charge in [0.2, 0.25) is 5.91 Å². The van der Waals surface area contributed by atoms with E-state index >= 15 is 0 Å². The van der Waals surface area contributed by atoms with E-state index < -0.39 is 6.04 Å². The summed E-state index contributed by atoms with van der Waals surface area (Å²) in [6, 6.07) is 11.3. The average molecular weight is 322 g/mol. The molecule has 1 saturated heterocycles. The van der Waals surface area contributed by atoms with Gasteiger partial charge in [-0.3, -0.25) is 9.59 Å². The Kier molecular flexibility index (Phi) is 4.14. The van der Waals surface area contributed by atoms with Crippen LogP contribution in [0.4, 0.5) is 11.4 Å². The number of benzene rings is 2. The van der Waals surface area contributed by atoms with Crippen molar-refractivity contribution in [2.24, 2.45) is 0 Å². The van der Waals surface area contributed by atoms with Gasteiger partial charge in [-0.05, 0) is 50.5 Å². The maximum Gasteiger partial charge on any atom is 0.256 e. The third-order valence-corrected chi connectivity index (χ3v) is 4.52. The lowest BCUT2D eigenvalue weighted by Crippen LogP contribution is -2.35. The summed E-state index contributed by atoms with van der Waals surface area (Å²) in [6.45, 7) is 7.88. The Morgan fingerprint density at radius 3 is 2.25 bits per heavy atom. The minimum absolute atomic E-state index is 0.153. The third-order valence-electron chi connectivity index (χ3n) is 4.52. The number of hydrogen-bond donors (Lipinski definition) is 1. The molecule has 1 atom stereocenters. The highest BCUT2D eigenvalue weighted by atomic mass is 16.2. The maximum atomic E-state index is 12.8. The van der Waals surface area contributed by atoms with Gasteiger partial charge in [-0.2, -0.15) is 0 Å². The summed E-state index contributed by atoms with van der Waals surface area (Å²) in [7, 11) is 0. The van der Waals surface area contributed by atoms with Crippen LogP contribution in [0.3, 0.4) is 0 Å². The zero-order chi connectivity index (χ0) is 17.4. The smallest absolute Gasteiger partial charge is 0.256 e. The molecule has 2 aromatic rings. The van der Waals surface area contributed by atoms with Gasteiger partial charge in [0, 0.05) is 5.69 Å². The van der Waals surface area contributed by atoms with E-state index in [2.05, 4.69) is 11.4 Å². The molecule has 0 aromatic heterocycles. The highest BCUT2D eigenvalue weighted by Gasteiger charge is 2.40. The number of nitrogens with one attached hydrogen (secondary N) is 1. The van der Waals surface area contributed by atoms with E-state index in [1.54, 1.807) is 0 Å². The van der Waals surface area contributed by atoms with Gasteiger partial charge >= 0.3 is 0 Å². The number of amides is 2. The molecule has 0 bridgehead atoms. The van der Waals surface area contributed by atoms with Gasteiger partial charge in [0.25, 0.3) is 5.91 Å². The van der Waals surface area contributed by atoms with Gasteiger partial charge in [0.15, 0.2) is 0 Å². The number of rotatable bonds is 3. The first-order valence-corrected chi connectivity index (χ1v) is 8.15. The quantitative estimate of drug-likeness (QED) is 0.877. The molecule has 0 aliphatic carbocycles. The molecule has 2 aromatic carbocycles. The van der Waals surface area contributed by atoms with Crippen LogP contribution in [0.5, 0.6) is 0 Å². The average Bonchev–Trinajstić information content (AvgIpc) is 2.77. The van der Waals surface area contributed by atoms with Crippen molar-refractivity contribution in [1.29, 1.82) is 0 Å². The van der Waals surface area contributed by atoms with Crippen LogP contribution >= 0.6 is 0 Å². The summed E-state index contributed by atoms with van der Waals surface area (Å²) in [5.74, 6) is -0.336. The van der Waals surface area contributed by atoms with E-state index in [1.807, 2.05) is 58.0 Å². The molecule has 24 heavy (non-hydrogen) atoms. The van der Waals surface area contributed by atoms with Gasteiger partial charge in [0.1, 0.15) is 6.04 Å². The lowest BCUT2D eigenvalue weighted by molar-refractivity contribution is -0.121. The lowest BCUT2D eigenvalue weighted by Gasteiger charge is -2.20. The summed E-state index contributed by atoms with van der Waals surface area (Å²) in [5, 5.41) is 3.24. The zero-order valence-corrected chi connectivity index (χ0v) is 14.5. The third kappa shape index (κ3) is 2.80. The number of anilines is 2. The van der Waals surface area contributed by atoms with Crippen LogP contribution in [0.1, 0.15) is 28.7 Å². The van der Waals surface area contributed by atoms with Crippen LogP contribution in [0, 0.1) is 27.7 Å². The molecule has 1 heterocycles. The molecule has 0 saturated carbocycles. The van der Waals surface area contributed by atoms with Gasteiger partial charge in [-0.1, -0.05) is 35.9 Å². The normalized spacial score (nSPS) is 17.5. The Balaban J connectivity index is 1.89. The van der Waals surface area contributed by atoms with Crippen LogP contribution in [-0.4, -0.2) is 17.9 Å². The summed E-state index contributed by atoms with van der Waals surface area (Å²) in [5.41, 5.74) is 5.73. The Hall–Kier alpha value is -2.62. The van der Waals surface area contributed by atoms with Crippen molar-refractivity contribution < 1.29 is 9.59 Å². The van der Waals surface area contributed by atoms with Crippen molar-refractivity contribution in [3.63, 3.8) is 0 Å². The fourth-order valence-electron chi connectivity index (χ4n) is 3.30. The van der Waals surface area contributed by atoms with Crippen LogP contribution in [-0.2, 0) is 9.59 Å². The number of carbonyl (C=O) groups is 2. The van der Waals surface area contributed by atoms with Gasteiger partial charge in [0.05, 0.1) is 12.1 Å². The molecule has 4 heteroatoms. The first kappa shape index (κ1) is 16.2. The zero-order valence-electron chi connectivity index (χ0n) is 14.5. The maximum absolute atomic E-state index is 12.8. The molecule has 4 nitrogen and oxygen atoms in total. The summed E-state index contributed by atoms with van der Waals surface area (Å²) >= 11 is 0. The number of nitrogens with zero attached hydrogens (tertiary/aromatic N) is 1. The summed E-state index contributed by atoms with van der Waals surface area (Å²) in [4.78, 5) is 26.7. The topological polar surface area (TPSA) is 49.4 Å². The minimum atomic E-state index is -0.516. The lowest BCUT2D eigenvalue weighted by atomic mass is 10.1. The van der Waals surface area contributed by atoms with Crippen LogP contribution in [0.25, 0.3) is 0 Å². The van der Waals surface area contributed by atoms with Gasteiger partial charge in [-0.25, -0.2) is 4.90 Å². The van der Waals surface area contributed by atoms with E-state index in [-0.39, 0.29) is 18.2 Å². The van der Waals surface area contributed by atoms with Crippen molar-refractivity contribution >= 4 is 23.2 Å². The monoisotopic (exact) mass is 322 g/mol. The molecule has 0 spiro atoms.